The van der Waals surface area contributed by atoms with E-state index in [4.69, 9.17) is 0 Å². The van der Waals surface area contributed by atoms with Gasteiger partial charge in [-0.2, -0.15) is 0 Å². The second kappa shape index (κ2) is 11.6. The average Bonchev–Trinajstić information content (AvgIpc) is 3.15. The van der Waals surface area contributed by atoms with Crippen LogP contribution in [0.2, 0.25) is 0 Å². The molecule has 2 aliphatic rings. The molecule has 1 unspecified atom stereocenters. The molecule has 0 aliphatic heterocycles. The van der Waals surface area contributed by atoms with Crippen molar-refractivity contribution in [2.75, 3.05) is 0 Å². The lowest BCUT2D eigenvalue weighted by atomic mass is 9.80. The second-order valence-electron chi connectivity index (χ2n) is 13.6. The number of carboxylic acid groups (broad SMARTS) is 1. The quantitative estimate of drug-likeness (QED) is 0.300. The Labute approximate surface area is 245 Å². The fraction of sp³-hybridized carbons (Fsp3) is 0.594. The van der Waals surface area contributed by atoms with Crippen LogP contribution in [0.5, 0.6) is 0 Å². The zero-order valence-electron chi connectivity index (χ0n) is 25.4. The highest BCUT2D eigenvalue weighted by molar-refractivity contribution is 7.98. The van der Waals surface area contributed by atoms with Gasteiger partial charge in [-0.15, -0.1) is 0 Å². The summed E-state index contributed by atoms with van der Waals surface area (Å²) in [5.74, 6) is 3.10. The molecule has 4 rings (SSSR count). The highest BCUT2D eigenvalue weighted by Gasteiger charge is 2.36. The first-order valence-corrected chi connectivity index (χ1v) is 16.5. The topological polar surface area (TPSA) is 121 Å². The zero-order chi connectivity index (χ0) is 30.3. The molecule has 0 radical (unpaired) electrons. The molecule has 8 nitrogen and oxygen atoms in total. The first-order chi connectivity index (χ1) is 19.0. The number of aromatic nitrogens is 1. The molecule has 41 heavy (non-hydrogen) atoms. The standard InChI is InChI=1S/C32H47N3O5S/c1-20-25(29(36)33-24-15-23(16-24)30(37)38)18-27(35(20)19-21-11-9-8-10-12-21)22-13-14-28(26(17-22)32(5,6)39)41(7,40)34-31(2,3)4/h13-14,17-18,21,23-24,39H,7-12,15-16,19H2,1-6H3,(H,33,36)(H,34,40)(H,37,38). The molecule has 1 atom stereocenters. The lowest BCUT2D eigenvalue weighted by Crippen LogP contribution is -2.46. The minimum absolute atomic E-state index is 0.144. The maximum atomic E-state index is 13.8. The van der Waals surface area contributed by atoms with Gasteiger partial charge in [0.15, 0.2) is 0 Å². The third-order valence-corrected chi connectivity index (χ3v) is 10.4. The van der Waals surface area contributed by atoms with E-state index in [1.807, 2.05) is 45.9 Å². The molecule has 226 valence electrons. The smallest absolute Gasteiger partial charge is 0.306 e. The predicted octanol–water partition coefficient (Wildman–Crippen LogP) is 5.24. The van der Waals surface area contributed by atoms with Crippen molar-refractivity contribution in [3.8, 4) is 11.3 Å². The molecular weight excluding hydrogens is 538 g/mol. The lowest BCUT2D eigenvalue weighted by Gasteiger charge is -2.32. The van der Waals surface area contributed by atoms with Gasteiger partial charge in [0.25, 0.3) is 5.91 Å². The van der Waals surface area contributed by atoms with Crippen molar-refractivity contribution in [3.63, 3.8) is 0 Å². The molecule has 9 heteroatoms. The summed E-state index contributed by atoms with van der Waals surface area (Å²) < 4.78 is 19.1. The fourth-order valence-corrected chi connectivity index (χ4v) is 8.23. The van der Waals surface area contributed by atoms with Gasteiger partial charge in [0.2, 0.25) is 0 Å². The Balaban J connectivity index is 1.76. The molecule has 2 fully saturated rings. The van der Waals surface area contributed by atoms with Gasteiger partial charge in [0, 0.05) is 35.1 Å². The summed E-state index contributed by atoms with van der Waals surface area (Å²) in [6, 6.07) is 7.32. The maximum absolute atomic E-state index is 13.8. The molecule has 1 heterocycles. The normalized spacial score (nSPS) is 21.6. The van der Waals surface area contributed by atoms with E-state index in [-0.39, 0.29) is 11.9 Å². The molecule has 0 saturated heterocycles. The van der Waals surface area contributed by atoms with Crippen LogP contribution in [0.4, 0.5) is 0 Å². The van der Waals surface area contributed by atoms with E-state index in [2.05, 4.69) is 20.5 Å². The summed E-state index contributed by atoms with van der Waals surface area (Å²) in [6.07, 6.45) is 6.84. The van der Waals surface area contributed by atoms with Gasteiger partial charge >= 0.3 is 5.97 Å². The predicted molar refractivity (Wildman–Crippen MR) is 164 cm³/mol. The highest BCUT2D eigenvalue weighted by atomic mass is 32.2. The van der Waals surface area contributed by atoms with Crippen LogP contribution in [0.15, 0.2) is 29.2 Å². The van der Waals surface area contributed by atoms with E-state index in [0.29, 0.717) is 34.8 Å². The average molecular weight is 586 g/mol. The third-order valence-electron chi connectivity index (χ3n) is 8.36. The van der Waals surface area contributed by atoms with Crippen molar-refractivity contribution in [3.05, 3.63) is 41.1 Å². The molecule has 1 aromatic carbocycles. The van der Waals surface area contributed by atoms with Gasteiger partial charge in [-0.25, -0.2) is 8.93 Å². The maximum Gasteiger partial charge on any atom is 0.306 e. The van der Waals surface area contributed by atoms with Crippen molar-refractivity contribution < 1.29 is 24.0 Å². The van der Waals surface area contributed by atoms with Crippen LogP contribution in [-0.4, -0.2) is 48.3 Å². The number of nitrogens with zero attached hydrogens (tertiary/aromatic N) is 1. The molecule has 2 aliphatic carbocycles. The van der Waals surface area contributed by atoms with Crippen LogP contribution >= 0.6 is 0 Å². The second-order valence-corrected chi connectivity index (χ2v) is 15.6. The van der Waals surface area contributed by atoms with Crippen LogP contribution < -0.4 is 10.0 Å². The molecule has 1 amide bonds. The number of benzene rings is 1. The van der Waals surface area contributed by atoms with Crippen molar-refractivity contribution >= 4 is 27.5 Å². The van der Waals surface area contributed by atoms with E-state index in [1.54, 1.807) is 19.9 Å². The SMILES string of the molecule is C=S(=O)(NC(C)(C)C)c1ccc(-c2cc(C(=O)NC3CC(C(=O)O)C3)c(C)n2CC2CCCCC2)cc1C(C)(C)O. The summed E-state index contributed by atoms with van der Waals surface area (Å²) in [5, 5.41) is 23.4. The van der Waals surface area contributed by atoms with Crippen LogP contribution in [0, 0.1) is 18.8 Å². The largest absolute Gasteiger partial charge is 0.481 e. The number of aliphatic carboxylic acids is 1. The molecular formula is C32H47N3O5S. The number of carboxylic acids is 1. The van der Waals surface area contributed by atoms with Gasteiger partial charge in [0.1, 0.15) is 0 Å². The summed E-state index contributed by atoms with van der Waals surface area (Å²) in [5.41, 5.74) is 1.91. The first kappa shape index (κ1) is 31.3. The Morgan fingerprint density at radius 1 is 1.07 bits per heavy atom. The van der Waals surface area contributed by atoms with E-state index in [0.717, 1.165) is 36.3 Å². The summed E-state index contributed by atoms with van der Waals surface area (Å²) in [7, 11) is -2.92. The van der Waals surface area contributed by atoms with Crippen molar-refractivity contribution in [2.45, 2.75) is 115 Å². The number of rotatable bonds is 9. The molecule has 1 aromatic heterocycles. The molecule has 0 spiro atoms. The van der Waals surface area contributed by atoms with Gasteiger partial charge in [-0.3, -0.25) is 9.59 Å². The lowest BCUT2D eigenvalue weighted by molar-refractivity contribution is -0.145. The minimum atomic E-state index is -2.92. The van der Waals surface area contributed by atoms with E-state index >= 15 is 0 Å². The third kappa shape index (κ3) is 7.24. The Morgan fingerprint density at radius 3 is 2.27 bits per heavy atom. The fourth-order valence-electron chi connectivity index (χ4n) is 6.18. The number of nitrogens with one attached hydrogen (secondary N) is 2. The summed E-state index contributed by atoms with van der Waals surface area (Å²) >= 11 is 0. The molecule has 2 saturated carbocycles. The number of carbonyl (C=O) groups is 2. The van der Waals surface area contributed by atoms with E-state index in [9.17, 15) is 24.0 Å². The Morgan fingerprint density at radius 2 is 1.71 bits per heavy atom. The summed E-state index contributed by atoms with van der Waals surface area (Å²) in [4.78, 5) is 25.1. The van der Waals surface area contributed by atoms with Crippen LogP contribution in [0.3, 0.4) is 0 Å². The Bertz CT molecular complexity index is 1400. The Hall–Kier alpha value is -2.62. The number of amides is 1. The molecule has 4 N–H and O–H groups in total. The van der Waals surface area contributed by atoms with Gasteiger partial charge in [0.05, 0.1) is 31.7 Å². The van der Waals surface area contributed by atoms with Crippen molar-refractivity contribution in [1.29, 1.82) is 0 Å². The number of hydrogen-bond acceptors (Lipinski definition) is 4. The summed E-state index contributed by atoms with van der Waals surface area (Å²) in [6.45, 7) is 11.9. The number of carbonyl (C=O) groups excluding carboxylic acids is 1. The highest BCUT2D eigenvalue weighted by Crippen LogP contribution is 2.36. The van der Waals surface area contributed by atoms with E-state index in [1.165, 1.54) is 19.3 Å². The van der Waals surface area contributed by atoms with Crippen molar-refractivity contribution in [2.24, 2.45) is 11.8 Å². The Kier molecular flexibility index (Phi) is 8.84. The van der Waals surface area contributed by atoms with Gasteiger partial charge in [-0.05, 0) is 103 Å². The van der Waals surface area contributed by atoms with Gasteiger partial charge in [-0.1, -0.05) is 25.3 Å². The van der Waals surface area contributed by atoms with Gasteiger partial charge < -0.3 is 20.1 Å². The minimum Gasteiger partial charge on any atom is -0.481 e. The number of hydrogen-bond donors (Lipinski definition) is 4. The van der Waals surface area contributed by atoms with Crippen LogP contribution in [0.25, 0.3) is 11.3 Å². The van der Waals surface area contributed by atoms with Crippen LogP contribution in [0.1, 0.15) is 101 Å². The zero-order valence-corrected chi connectivity index (χ0v) is 26.2. The van der Waals surface area contributed by atoms with E-state index < -0.39 is 32.7 Å². The molecule has 0 bridgehead atoms. The first-order valence-electron chi connectivity index (χ1n) is 14.7. The molecule has 2 aromatic rings. The monoisotopic (exact) mass is 585 g/mol. The number of aliphatic hydroxyl groups is 1. The van der Waals surface area contributed by atoms with Crippen molar-refractivity contribution in [1.82, 2.24) is 14.6 Å². The van der Waals surface area contributed by atoms with Crippen LogP contribution in [-0.2, 0) is 26.6 Å².